The summed E-state index contributed by atoms with van der Waals surface area (Å²) in [6.07, 6.45) is 5.38. The third-order valence-electron chi connectivity index (χ3n) is 9.21. The lowest BCUT2D eigenvalue weighted by Gasteiger charge is -2.35. The molecule has 1 aliphatic carbocycles. The largest absolute Gasteiger partial charge is 0.352 e. The molecule has 0 saturated heterocycles. The van der Waals surface area contributed by atoms with Crippen LogP contribution in [0.4, 0.5) is 5.69 Å². The number of carbonyl (C=O) groups is 2. The minimum absolute atomic E-state index is 0.0504. The predicted octanol–water partition coefficient (Wildman–Crippen LogP) is 7.20. The molecule has 4 aromatic carbocycles. The zero-order valence-electron chi connectivity index (χ0n) is 28.5. The van der Waals surface area contributed by atoms with E-state index in [1.54, 1.807) is 35.2 Å². The molecule has 1 saturated carbocycles. The average Bonchev–Trinajstić information content (AvgIpc) is 3.07. The first kappa shape index (κ1) is 34.9. The van der Waals surface area contributed by atoms with Gasteiger partial charge in [-0.1, -0.05) is 115 Å². The van der Waals surface area contributed by atoms with Gasteiger partial charge in [0.25, 0.3) is 10.0 Å². The standard InChI is InChI=1S/C40H47N3O4S/c1-29-15-20-34(21-16-29)27-42(38(26-33-11-7-5-8-12-33)40(45)41-35-13-9-6-10-14-35)39(44)28-43(37-24-19-31(3)25-32(37)4)48(46,47)36-22-17-30(2)18-23-36/h5,7-8,11-12,15-25,35,38H,6,9-10,13-14,26-28H2,1-4H3,(H,41,45). The first-order chi connectivity index (χ1) is 23.0. The van der Waals surface area contributed by atoms with Crippen LogP contribution in [-0.2, 0) is 32.6 Å². The summed E-state index contributed by atoms with van der Waals surface area (Å²) in [6, 6.07) is 28.9. The zero-order chi connectivity index (χ0) is 34.3. The van der Waals surface area contributed by atoms with Crippen LogP contribution in [0.3, 0.4) is 0 Å². The van der Waals surface area contributed by atoms with Gasteiger partial charge < -0.3 is 10.2 Å². The van der Waals surface area contributed by atoms with Crippen LogP contribution in [0, 0.1) is 27.7 Å². The number of hydrogen-bond donors (Lipinski definition) is 1. The second-order valence-electron chi connectivity index (χ2n) is 13.2. The molecule has 0 aromatic heterocycles. The highest BCUT2D eigenvalue weighted by atomic mass is 32.2. The van der Waals surface area contributed by atoms with Gasteiger partial charge in [0.1, 0.15) is 12.6 Å². The van der Waals surface area contributed by atoms with Crippen molar-refractivity contribution in [3.05, 3.63) is 130 Å². The van der Waals surface area contributed by atoms with Gasteiger partial charge in [-0.05, 0) is 75.4 Å². The van der Waals surface area contributed by atoms with Gasteiger partial charge in [-0.3, -0.25) is 13.9 Å². The molecule has 252 valence electrons. The zero-order valence-corrected chi connectivity index (χ0v) is 29.3. The number of carbonyl (C=O) groups excluding carboxylic acids is 2. The molecule has 0 aliphatic heterocycles. The minimum Gasteiger partial charge on any atom is -0.352 e. The molecule has 0 spiro atoms. The van der Waals surface area contributed by atoms with Crippen molar-refractivity contribution in [1.82, 2.24) is 10.2 Å². The first-order valence-corrected chi connectivity index (χ1v) is 18.3. The van der Waals surface area contributed by atoms with Crippen LogP contribution in [0.15, 0.2) is 102 Å². The van der Waals surface area contributed by atoms with Crippen molar-refractivity contribution in [2.45, 2.75) is 89.7 Å². The van der Waals surface area contributed by atoms with Crippen molar-refractivity contribution < 1.29 is 18.0 Å². The summed E-state index contributed by atoms with van der Waals surface area (Å²) in [5.41, 5.74) is 5.94. The first-order valence-electron chi connectivity index (χ1n) is 16.9. The topological polar surface area (TPSA) is 86.8 Å². The van der Waals surface area contributed by atoms with E-state index in [9.17, 15) is 18.0 Å². The van der Waals surface area contributed by atoms with Crippen LogP contribution >= 0.6 is 0 Å². The van der Waals surface area contributed by atoms with Crippen LogP contribution in [0.25, 0.3) is 0 Å². The molecule has 1 unspecified atom stereocenters. The lowest BCUT2D eigenvalue weighted by atomic mass is 9.94. The van der Waals surface area contributed by atoms with E-state index in [0.29, 0.717) is 12.1 Å². The molecule has 4 aromatic rings. The SMILES string of the molecule is Cc1ccc(CN(C(=O)CN(c2ccc(C)cc2C)S(=O)(=O)c2ccc(C)cc2)C(Cc2ccccc2)C(=O)NC2CCCCC2)cc1. The summed E-state index contributed by atoms with van der Waals surface area (Å²) in [7, 11) is -4.16. The summed E-state index contributed by atoms with van der Waals surface area (Å²) in [5, 5.41) is 3.27. The maximum absolute atomic E-state index is 14.8. The Morgan fingerprint density at radius 2 is 1.35 bits per heavy atom. The second-order valence-corrected chi connectivity index (χ2v) is 15.0. The van der Waals surface area contributed by atoms with Crippen molar-refractivity contribution >= 4 is 27.5 Å². The summed E-state index contributed by atoms with van der Waals surface area (Å²) < 4.78 is 29.9. The third kappa shape index (κ3) is 8.72. The van der Waals surface area contributed by atoms with E-state index in [4.69, 9.17) is 0 Å². The Kier molecular flexibility index (Phi) is 11.4. The van der Waals surface area contributed by atoms with Gasteiger partial charge in [0.2, 0.25) is 11.8 Å². The highest BCUT2D eigenvalue weighted by Crippen LogP contribution is 2.29. The molecule has 7 nitrogen and oxygen atoms in total. The average molecular weight is 666 g/mol. The number of benzene rings is 4. The van der Waals surface area contributed by atoms with E-state index in [2.05, 4.69) is 5.32 Å². The molecule has 5 rings (SSSR count). The molecule has 1 aliphatic rings. The molecular formula is C40H47N3O4S. The number of nitrogens with one attached hydrogen (secondary N) is 1. The normalized spacial score (nSPS) is 14.2. The summed E-state index contributed by atoms with van der Waals surface area (Å²) >= 11 is 0. The van der Waals surface area contributed by atoms with Crippen LogP contribution in [0.1, 0.15) is 65.5 Å². The third-order valence-corrected chi connectivity index (χ3v) is 11.0. The number of sulfonamides is 1. The van der Waals surface area contributed by atoms with E-state index in [0.717, 1.165) is 65.5 Å². The van der Waals surface area contributed by atoms with Gasteiger partial charge in [0.15, 0.2) is 0 Å². The van der Waals surface area contributed by atoms with E-state index >= 15 is 0 Å². The van der Waals surface area contributed by atoms with E-state index in [1.807, 2.05) is 94.4 Å². The van der Waals surface area contributed by atoms with E-state index < -0.39 is 28.5 Å². The number of amides is 2. The van der Waals surface area contributed by atoms with Crippen LogP contribution in [0.2, 0.25) is 0 Å². The minimum atomic E-state index is -4.16. The van der Waals surface area contributed by atoms with Crippen molar-refractivity contribution in [2.24, 2.45) is 0 Å². The maximum atomic E-state index is 14.8. The highest BCUT2D eigenvalue weighted by Gasteiger charge is 2.35. The lowest BCUT2D eigenvalue weighted by Crippen LogP contribution is -2.55. The van der Waals surface area contributed by atoms with E-state index in [1.165, 1.54) is 4.31 Å². The molecular weight excluding hydrogens is 619 g/mol. The van der Waals surface area contributed by atoms with Crippen LogP contribution < -0.4 is 9.62 Å². The van der Waals surface area contributed by atoms with Crippen LogP contribution in [0.5, 0.6) is 0 Å². The molecule has 8 heteroatoms. The van der Waals surface area contributed by atoms with Gasteiger partial charge in [-0.25, -0.2) is 8.42 Å². The summed E-state index contributed by atoms with van der Waals surface area (Å²) in [6.45, 7) is 7.39. The van der Waals surface area contributed by atoms with Gasteiger partial charge in [0, 0.05) is 19.0 Å². The fraction of sp³-hybridized carbons (Fsp3) is 0.350. The fourth-order valence-electron chi connectivity index (χ4n) is 6.42. The Hall–Kier alpha value is -4.43. The van der Waals surface area contributed by atoms with Crippen molar-refractivity contribution in [3.63, 3.8) is 0 Å². The van der Waals surface area contributed by atoms with Gasteiger partial charge in [0.05, 0.1) is 10.6 Å². The molecule has 1 fully saturated rings. The number of aryl methyl sites for hydroxylation is 4. The number of anilines is 1. The second kappa shape index (κ2) is 15.6. The smallest absolute Gasteiger partial charge is 0.264 e. The Labute approximate surface area is 286 Å². The maximum Gasteiger partial charge on any atom is 0.264 e. The highest BCUT2D eigenvalue weighted by molar-refractivity contribution is 7.92. The van der Waals surface area contributed by atoms with Crippen LogP contribution in [-0.4, -0.2) is 43.8 Å². The monoisotopic (exact) mass is 665 g/mol. The van der Waals surface area contributed by atoms with Crippen molar-refractivity contribution in [1.29, 1.82) is 0 Å². The Morgan fingerprint density at radius 1 is 0.750 bits per heavy atom. The van der Waals surface area contributed by atoms with Gasteiger partial charge >= 0.3 is 0 Å². The lowest BCUT2D eigenvalue weighted by molar-refractivity contribution is -0.140. The molecule has 0 bridgehead atoms. The van der Waals surface area contributed by atoms with Gasteiger partial charge in [-0.15, -0.1) is 0 Å². The fourth-order valence-corrected chi connectivity index (χ4v) is 7.90. The Balaban J connectivity index is 1.58. The van der Waals surface area contributed by atoms with Crippen molar-refractivity contribution in [2.75, 3.05) is 10.8 Å². The number of rotatable bonds is 12. The Morgan fingerprint density at radius 3 is 1.98 bits per heavy atom. The molecule has 2 amide bonds. The number of nitrogens with zero attached hydrogens (tertiary/aromatic N) is 2. The van der Waals surface area contributed by atoms with Crippen molar-refractivity contribution in [3.8, 4) is 0 Å². The summed E-state index contributed by atoms with van der Waals surface area (Å²) in [5.74, 6) is -0.670. The van der Waals surface area contributed by atoms with Gasteiger partial charge in [-0.2, -0.15) is 0 Å². The van der Waals surface area contributed by atoms with E-state index in [-0.39, 0.29) is 23.4 Å². The molecule has 48 heavy (non-hydrogen) atoms. The summed E-state index contributed by atoms with van der Waals surface area (Å²) in [4.78, 5) is 30.7. The molecule has 1 atom stereocenters. The molecule has 1 N–H and O–H groups in total. The molecule has 0 heterocycles. The quantitative estimate of drug-likeness (QED) is 0.173. The predicted molar refractivity (Wildman–Crippen MR) is 192 cm³/mol. The molecule has 0 radical (unpaired) electrons. The number of hydrogen-bond acceptors (Lipinski definition) is 4. The Bertz CT molecular complexity index is 1800.